The first-order valence-electron chi connectivity index (χ1n) is 10.9. The number of aliphatic hydroxyl groups is 1. The Labute approximate surface area is 203 Å². The zero-order chi connectivity index (χ0) is 27.1. The molecule has 0 aliphatic carbocycles. The van der Waals surface area contributed by atoms with Crippen LogP contribution in [0.4, 0.5) is 0 Å². The summed E-state index contributed by atoms with van der Waals surface area (Å²) in [5, 5.41) is 26.0. The zero-order valence-corrected chi connectivity index (χ0v) is 19.9. The van der Waals surface area contributed by atoms with Crippen LogP contribution in [-0.2, 0) is 19.2 Å². The Balaban J connectivity index is 5.34. The maximum absolute atomic E-state index is 12.9. The lowest BCUT2D eigenvalue weighted by molar-refractivity contribution is -0.142. The largest absolute Gasteiger partial charge is 0.480 e. The van der Waals surface area contributed by atoms with Gasteiger partial charge in [0.05, 0.1) is 12.1 Å². The molecule has 16 heteroatoms. The zero-order valence-electron chi connectivity index (χ0n) is 19.9. The Bertz CT molecular complexity index is 780. The number of carbonyl (C=O) groups is 4. The lowest BCUT2D eigenvalue weighted by Crippen LogP contribution is -2.59. The molecule has 0 fully saturated rings. The van der Waals surface area contributed by atoms with Crippen LogP contribution in [0.1, 0.15) is 39.5 Å². The third-order valence-corrected chi connectivity index (χ3v) is 4.67. The standard InChI is InChI=1S/C19H38N10O6/c1-9(17(34)35)27-16(33)13(10(2)30)29-15(32)12(6-4-8-26-19(23)24)28-14(31)11(20)5-3-7-25-18(21)22/h9-13,30H,3-8,20H2,1-2H3,(H,27,33)(H,28,31)(H,29,32)(H,34,35)(H4,21,22,25)(H4,23,24,26). The fraction of sp³-hybridized carbons (Fsp3) is 0.684. The second-order valence-corrected chi connectivity index (χ2v) is 7.86. The summed E-state index contributed by atoms with van der Waals surface area (Å²) in [6, 6.07) is -4.85. The van der Waals surface area contributed by atoms with Gasteiger partial charge in [-0.25, -0.2) is 0 Å². The average Bonchev–Trinajstić information content (AvgIpc) is 2.75. The minimum Gasteiger partial charge on any atom is -0.480 e. The summed E-state index contributed by atoms with van der Waals surface area (Å²) in [6.07, 6.45) is -0.348. The molecule has 35 heavy (non-hydrogen) atoms. The molecule has 0 spiro atoms. The van der Waals surface area contributed by atoms with Crippen molar-refractivity contribution in [1.29, 1.82) is 0 Å². The van der Waals surface area contributed by atoms with Crippen molar-refractivity contribution in [1.82, 2.24) is 16.0 Å². The van der Waals surface area contributed by atoms with Crippen LogP contribution in [0, 0.1) is 0 Å². The fourth-order valence-electron chi connectivity index (χ4n) is 2.73. The highest BCUT2D eigenvalue weighted by molar-refractivity contribution is 5.94. The highest BCUT2D eigenvalue weighted by Crippen LogP contribution is 2.04. The molecule has 0 saturated heterocycles. The summed E-state index contributed by atoms with van der Waals surface area (Å²) in [5.41, 5.74) is 26.9. The summed E-state index contributed by atoms with van der Waals surface area (Å²) in [4.78, 5) is 56.4. The van der Waals surface area contributed by atoms with Gasteiger partial charge in [0.1, 0.15) is 18.1 Å². The summed E-state index contributed by atoms with van der Waals surface area (Å²) in [7, 11) is 0. The smallest absolute Gasteiger partial charge is 0.325 e. The van der Waals surface area contributed by atoms with Gasteiger partial charge in [0, 0.05) is 13.1 Å². The van der Waals surface area contributed by atoms with Gasteiger partial charge in [-0.15, -0.1) is 0 Å². The molecular weight excluding hydrogens is 464 g/mol. The van der Waals surface area contributed by atoms with E-state index in [4.69, 9.17) is 33.8 Å². The predicted octanol–water partition coefficient (Wildman–Crippen LogP) is -4.64. The minimum absolute atomic E-state index is 0.0781. The number of guanidine groups is 2. The summed E-state index contributed by atoms with van der Waals surface area (Å²) in [6.45, 7) is 2.91. The van der Waals surface area contributed by atoms with Gasteiger partial charge in [0.15, 0.2) is 11.9 Å². The second-order valence-electron chi connectivity index (χ2n) is 7.86. The molecule has 0 rings (SSSR count). The van der Waals surface area contributed by atoms with Crippen molar-refractivity contribution in [2.24, 2.45) is 38.7 Å². The first-order valence-corrected chi connectivity index (χ1v) is 10.9. The third kappa shape index (κ3) is 13.6. The van der Waals surface area contributed by atoms with Crippen LogP contribution in [0.15, 0.2) is 9.98 Å². The number of carbonyl (C=O) groups excluding carboxylic acids is 3. The number of nitrogens with one attached hydrogen (secondary N) is 3. The van der Waals surface area contributed by atoms with E-state index in [-0.39, 0.29) is 44.3 Å². The number of hydrogen-bond donors (Lipinski definition) is 10. The first-order chi connectivity index (χ1) is 16.3. The Hall–Kier alpha value is -3.66. The Kier molecular flexibility index (Phi) is 14.4. The molecule has 0 bridgehead atoms. The van der Waals surface area contributed by atoms with E-state index in [1.807, 2.05) is 0 Å². The van der Waals surface area contributed by atoms with Gasteiger partial charge in [0.25, 0.3) is 0 Å². The van der Waals surface area contributed by atoms with Crippen LogP contribution < -0.4 is 44.6 Å². The molecule has 0 aromatic rings. The Morgan fingerprint density at radius 2 is 1.31 bits per heavy atom. The number of carboxylic acid groups (broad SMARTS) is 1. The maximum Gasteiger partial charge on any atom is 0.325 e. The van der Waals surface area contributed by atoms with E-state index in [0.29, 0.717) is 6.42 Å². The van der Waals surface area contributed by atoms with Crippen molar-refractivity contribution in [3.63, 3.8) is 0 Å². The van der Waals surface area contributed by atoms with Crippen LogP contribution in [0.2, 0.25) is 0 Å². The van der Waals surface area contributed by atoms with Crippen LogP contribution in [0.25, 0.3) is 0 Å². The number of aliphatic carboxylic acids is 1. The van der Waals surface area contributed by atoms with Gasteiger partial charge >= 0.3 is 5.97 Å². The molecule has 0 aromatic carbocycles. The Morgan fingerprint density at radius 3 is 1.77 bits per heavy atom. The van der Waals surface area contributed by atoms with Crippen molar-refractivity contribution in [2.45, 2.75) is 69.8 Å². The summed E-state index contributed by atoms with van der Waals surface area (Å²) < 4.78 is 0. The molecule has 0 heterocycles. The van der Waals surface area contributed by atoms with E-state index >= 15 is 0 Å². The van der Waals surface area contributed by atoms with E-state index in [2.05, 4.69) is 25.9 Å². The third-order valence-electron chi connectivity index (χ3n) is 4.67. The molecule has 0 saturated carbocycles. The monoisotopic (exact) mass is 502 g/mol. The normalized spacial score (nSPS) is 14.9. The van der Waals surface area contributed by atoms with Gasteiger partial charge in [-0.05, 0) is 39.5 Å². The topological polar surface area (TPSA) is 300 Å². The van der Waals surface area contributed by atoms with Gasteiger partial charge < -0.3 is 54.8 Å². The first kappa shape index (κ1) is 31.3. The van der Waals surface area contributed by atoms with Crippen molar-refractivity contribution in [3.05, 3.63) is 0 Å². The highest BCUT2D eigenvalue weighted by Gasteiger charge is 2.31. The molecule has 0 aliphatic heterocycles. The SMILES string of the molecule is CC(NC(=O)C(NC(=O)C(CCCN=C(N)N)NC(=O)C(N)CCCN=C(N)N)C(C)O)C(=O)O. The molecule has 0 aliphatic rings. The van der Waals surface area contributed by atoms with Crippen molar-refractivity contribution in [3.8, 4) is 0 Å². The van der Waals surface area contributed by atoms with E-state index in [1.54, 1.807) is 0 Å². The van der Waals surface area contributed by atoms with Gasteiger partial charge in [-0.2, -0.15) is 0 Å². The van der Waals surface area contributed by atoms with E-state index in [9.17, 15) is 24.3 Å². The Morgan fingerprint density at radius 1 is 0.800 bits per heavy atom. The molecule has 5 unspecified atom stereocenters. The van der Waals surface area contributed by atoms with Crippen LogP contribution in [-0.4, -0.2) is 89.2 Å². The molecule has 3 amide bonds. The predicted molar refractivity (Wildman–Crippen MR) is 129 cm³/mol. The highest BCUT2D eigenvalue weighted by atomic mass is 16.4. The number of aliphatic hydroxyl groups excluding tert-OH is 1. The lowest BCUT2D eigenvalue weighted by Gasteiger charge is -2.26. The second kappa shape index (κ2) is 16.0. The number of hydrogen-bond acceptors (Lipinski definition) is 8. The number of nitrogens with zero attached hydrogens (tertiary/aromatic N) is 2. The van der Waals surface area contributed by atoms with Crippen LogP contribution >= 0.6 is 0 Å². The van der Waals surface area contributed by atoms with E-state index in [0.717, 1.165) is 0 Å². The van der Waals surface area contributed by atoms with Crippen molar-refractivity contribution >= 4 is 35.6 Å². The molecule has 0 aromatic heterocycles. The van der Waals surface area contributed by atoms with E-state index < -0.39 is 54.0 Å². The van der Waals surface area contributed by atoms with Gasteiger partial charge in [0.2, 0.25) is 17.7 Å². The average molecular weight is 503 g/mol. The number of carboxylic acids is 1. The van der Waals surface area contributed by atoms with Crippen molar-refractivity contribution < 1.29 is 29.4 Å². The molecular formula is C19H38N10O6. The molecule has 0 radical (unpaired) electrons. The van der Waals surface area contributed by atoms with Crippen LogP contribution in [0.5, 0.6) is 0 Å². The van der Waals surface area contributed by atoms with Crippen LogP contribution in [0.3, 0.4) is 0 Å². The number of aliphatic imine (C=N–C) groups is 2. The molecule has 16 nitrogen and oxygen atoms in total. The number of amides is 3. The lowest BCUT2D eigenvalue weighted by atomic mass is 10.1. The summed E-state index contributed by atoms with van der Waals surface area (Å²) >= 11 is 0. The molecule has 200 valence electrons. The van der Waals surface area contributed by atoms with Gasteiger partial charge in [-0.1, -0.05) is 0 Å². The quantitative estimate of drug-likeness (QED) is 0.0543. The summed E-state index contributed by atoms with van der Waals surface area (Å²) in [5.74, 6) is -3.86. The van der Waals surface area contributed by atoms with E-state index in [1.165, 1.54) is 13.8 Å². The fourth-order valence-corrected chi connectivity index (χ4v) is 2.73. The molecule has 5 atom stereocenters. The van der Waals surface area contributed by atoms with Crippen molar-refractivity contribution in [2.75, 3.05) is 13.1 Å². The number of nitrogens with two attached hydrogens (primary N) is 5. The number of rotatable bonds is 16. The maximum atomic E-state index is 12.9. The minimum atomic E-state index is -1.48. The molecule has 15 N–H and O–H groups in total. The van der Waals surface area contributed by atoms with Gasteiger partial charge in [-0.3, -0.25) is 29.2 Å².